The quantitative estimate of drug-likeness (QED) is 0.827. The molecule has 1 unspecified atom stereocenters. The summed E-state index contributed by atoms with van der Waals surface area (Å²) in [5, 5.41) is 9.67. The fourth-order valence-electron chi connectivity index (χ4n) is 1.77. The van der Waals surface area contributed by atoms with Crippen LogP contribution in [0.4, 0.5) is 0 Å². The molecule has 1 rings (SSSR count). The monoisotopic (exact) mass is 271 g/mol. The van der Waals surface area contributed by atoms with Gasteiger partial charge in [0.15, 0.2) is 0 Å². The van der Waals surface area contributed by atoms with E-state index in [1.807, 2.05) is 13.8 Å². The molecule has 0 aliphatic carbocycles. The maximum absolute atomic E-state index is 12.0. The average molecular weight is 271 g/mol. The lowest BCUT2D eigenvalue weighted by molar-refractivity contribution is 0.152. The summed E-state index contributed by atoms with van der Waals surface area (Å²) in [5.74, 6) is 0.336. The number of rotatable bonds is 6. The third kappa shape index (κ3) is 4.40. The Balaban J connectivity index is 2.69. The molecule has 18 heavy (non-hydrogen) atoms. The van der Waals surface area contributed by atoms with Gasteiger partial charge in [-0.25, -0.2) is 13.1 Å². The number of hydrogen-bond donors (Lipinski definition) is 2. The Morgan fingerprint density at radius 1 is 1.28 bits per heavy atom. The molecule has 0 spiro atoms. The van der Waals surface area contributed by atoms with Crippen molar-refractivity contribution in [1.29, 1.82) is 0 Å². The first-order valence-corrected chi connectivity index (χ1v) is 7.54. The van der Waals surface area contributed by atoms with Crippen molar-refractivity contribution in [2.45, 2.75) is 38.2 Å². The molecule has 1 aromatic rings. The van der Waals surface area contributed by atoms with Crippen LogP contribution >= 0.6 is 0 Å². The highest BCUT2D eigenvalue weighted by Crippen LogP contribution is 2.14. The number of hydrogen-bond acceptors (Lipinski definition) is 3. The summed E-state index contributed by atoms with van der Waals surface area (Å²) in [6, 6.07) is 6.79. The second-order valence-corrected chi connectivity index (χ2v) is 6.64. The highest BCUT2D eigenvalue weighted by molar-refractivity contribution is 7.89. The molecule has 0 heterocycles. The molecule has 5 heteroatoms. The molecule has 0 saturated carbocycles. The Labute approximate surface area is 109 Å². The first kappa shape index (κ1) is 15.1. The zero-order valence-corrected chi connectivity index (χ0v) is 11.9. The van der Waals surface area contributed by atoms with Gasteiger partial charge < -0.3 is 5.11 Å². The SMILES string of the molecule is Cc1ccccc1S(=O)(=O)NCC(O)CC(C)C. The van der Waals surface area contributed by atoms with Crippen molar-refractivity contribution in [1.82, 2.24) is 4.72 Å². The summed E-state index contributed by atoms with van der Waals surface area (Å²) < 4.78 is 26.5. The van der Waals surface area contributed by atoms with Crippen LogP contribution in [0.1, 0.15) is 25.8 Å². The van der Waals surface area contributed by atoms with Gasteiger partial charge in [-0.2, -0.15) is 0 Å². The predicted octanol–water partition coefficient (Wildman–Crippen LogP) is 1.68. The van der Waals surface area contributed by atoms with E-state index >= 15 is 0 Å². The van der Waals surface area contributed by atoms with Crippen LogP contribution < -0.4 is 4.72 Å². The maximum Gasteiger partial charge on any atom is 0.240 e. The van der Waals surface area contributed by atoms with Gasteiger partial charge in [-0.3, -0.25) is 0 Å². The standard InChI is InChI=1S/C13H21NO3S/c1-10(2)8-12(15)9-14-18(16,17)13-7-5-4-6-11(13)3/h4-7,10,12,14-15H,8-9H2,1-3H3. The maximum atomic E-state index is 12.0. The molecule has 2 N–H and O–H groups in total. The van der Waals surface area contributed by atoms with E-state index in [2.05, 4.69) is 4.72 Å². The normalized spacial score (nSPS) is 13.8. The van der Waals surface area contributed by atoms with E-state index in [9.17, 15) is 13.5 Å². The van der Waals surface area contributed by atoms with Crippen molar-refractivity contribution in [2.24, 2.45) is 5.92 Å². The average Bonchev–Trinajstić information content (AvgIpc) is 2.26. The van der Waals surface area contributed by atoms with E-state index in [1.165, 1.54) is 0 Å². The Morgan fingerprint density at radius 2 is 1.89 bits per heavy atom. The van der Waals surface area contributed by atoms with Gasteiger partial charge in [0.05, 0.1) is 11.0 Å². The second-order valence-electron chi connectivity index (χ2n) is 4.90. The van der Waals surface area contributed by atoms with E-state index < -0.39 is 16.1 Å². The van der Waals surface area contributed by atoms with Gasteiger partial charge in [-0.05, 0) is 30.9 Å². The van der Waals surface area contributed by atoms with Crippen LogP contribution in [-0.2, 0) is 10.0 Å². The lowest BCUT2D eigenvalue weighted by Gasteiger charge is -2.14. The van der Waals surface area contributed by atoms with Gasteiger partial charge >= 0.3 is 0 Å². The molecule has 1 aromatic carbocycles. The summed E-state index contributed by atoms with van der Waals surface area (Å²) in [7, 11) is -3.53. The van der Waals surface area contributed by atoms with Crippen molar-refractivity contribution < 1.29 is 13.5 Å². The van der Waals surface area contributed by atoms with Gasteiger partial charge in [0.25, 0.3) is 0 Å². The first-order valence-electron chi connectivity index (χ1n) is 6.06. The highest BCUT2D eigenvalue weighted by atomic mass is 32.2. The van der Waals surface area contributed by atoms with E-state index in [-0.39, 0.29) is 11.4 Å². The third-order valence-electron chi connectivity index (χ3n) is 2.64. The lowest BCUT2D eigenvalue weighted by atomic mass is 10.1. The molecule has 0 fully saturated rings. The van der Waals surface area contributed by atoms with Gasteiger partial charge in [0, 0.05) is 6.54 Å². The molecule has 0 bridgehead atoms. The van der Waals surface area contributed by atoms with Crippen molar-refractivity contribution >= 4 is 10.0 Å². The van der Waals surface area contributed by atoms with E-state index in [4.69, 9.17) is 0 Å². The van der Waals surface area contributed by atoms with Crippen molar-refractivity contribution in [3.63, 3.8) is 0 Å². The molecular formula is C13H21NO3S. The topological polar surface area (TPSA) is 66.4 Å². The molecule has 0 aliphatic rings. The van der Waals surface area contributed by atoms with Crippen LogP contribution in [0.3, 0.4) is 0 Å². The number of sulfonamides is 1. The summed E-state index contributed by atoms with van der Waals surface area (Å²) in [6.45, 7) is 5.77. The van der Waals surface area contributed by atoms with Crippen molar-refractivity contribution in [3.8, 4) is 0 Å². The third-order valence-corrected chi connectivity index (χ3v) is 4.22. The fourth-order valence-corrected chi connectivity index (χ4v) is 3.09. The first-order chi connectivity index (χ1) is 8.33. The zero-order chi connectivity index (χ0) is 13.8. The number of benzene rings is 1. The predicted molar refractivity (Wildman–Crippen MR) is 71.8 cm³/mol. The van der Waals surface area contributed by atoms with Crippen LogP contribution in [0.15, 0.2) is 29.2 Å². The fraction of sp³-hybridized carbons (Fsp3) is 0.538. The summed E-state index contributed by atoms with van der Waals surface area (Å²) in [5.41, 5.74) is 0.698. The van der Waals surface area contributed by atoms with Gasteiger partial charge in [0.1, 0.15) is 0 Å². The molecule has 0 saturated heterocycles. The Morgan fingerprint density at radius 3 is 2.44 bits per heavy atom. The summed E-state index contributed by atoms with van der Waals surface area (Å²) in [6.07, 6.45) is -0.0696. The smallest absolute Gasteiger partial charge is 0.240 e. The minimum absolute atomic E-state index is 0.0504. The minimum Gasteiger partial charge on any atom is -0.392 e. The van der Waals surface area contributed by atoms with Crippen LogP contribution in [0.2, 0.25) is 0 Å². The van der Waals surface area contributed by atoms with E-state index in [0.29, 0.717) is 17.9 Å². The van der Waals surface area contributed by atoms with Crippen LogP contribution in [0.5, 0.6) is 0 Å². The second kappa shape index (κ2) is 6.31. The largest absolute Gasteiger partial charge is 0.392 e. The van der Waals surface area contributed by atoms with Crippen LogP contribution in [-0.4, -0.2) is 26.2 Å². The van der Waals surface area contributed by atoms with Crippen LogP contribution in [0, 0.1) is 12.8 Å². The molecule has 0 amide bonds. The molecule has 102 valence electrons. The van der Waals surface area contributed by atoms with Gasteiger partial charge in [0.2, 0.25) is 10.0 Å². The molecule has 0 aliphatic heterocycles. The lowest BCUT2D eigenvalue weighted by Crippen LogP contribution is -2.33. The molecule has 0 radical (unpaired) electrons. The highest BCUT2D eigenvalue weighted by Gasteiger charge is 2.17. The summed E-state index contributed by atoms with van der Waals surface area (Å²) >= 11 is 0. The number of aliphatic hydroxyl groups is 1. The van der Waals surface area contributed by atoms with Crippen LogP contribution in [0.25, 0.3) is 0 Å². The van der Waals surface area contributed by atoms with Gasteiger partial charge in [-0.1, -0.05) is 32.0 Å². The van der Waals surface area contributed by atoms with Gasteiger partial charge in [-0.15, -0.1) is 0 Å². The molecule has 4 nitrogen and oxygen atoms in total. The molecule has 0 aromatic heterocycles. The zero-order valence-electron chi connectivity index (χ0n) is 11.1. The van der Waals surface area contributed by atoms with E-state index in [1.54, 1.807) is 31.2 Å². The van der Waals surface area contributed by atoms with E-state index in [0.717, 1.165) is 0 Å². The Hall–Kier alpha value is -0.910. The number of aryl methyl sites for hydroxylation is 1. The minimum atomic E-state index is -3.53. The Kier molecular flexibility index (Phi) is 5.31. The molecule has 1 atom stereocenters. The summed E-state index contributed by atoms with van der Waals surface area (Å²) in [4.78, 5) is 0.266. The Bertz CT molecular complexity index is 483. The van der Waals surface area contributed by atoms with Crippen molar-refractivity contribution in [2.75, 3.05) is 6.54 Å². The number of nitrogens with one attached hydrogen (secondary N) is 1. The molecular weight excluding hydrogens is 250 g/mol. The number of aliphatic hydroxyl groups excluding tert-OH is 1. The van der Waals surface area contributed by atoms with Crippen molar-refractivity contribution in [3.05, 3.63) is 29.8 Å².